The summed E-state index contributed by atoms with van der Waals surface area (Å²) in [6.07, 6.45) is -0.514. The molecule has 0 spiro atoms. The number of carbonyl (C=O) groups is 1. The monoisotopic (exact) mass is 258 g/mol. The van der Waals surface area contributed by atoms with Crippen LogP contribution in [0.25, 0.3) is 0 Å². The van der Waals surface area contributed by atoms with Gasteiger partial charge in [-0.3, -0.25) is 4.79 Å². The van der Waals surface area contributed by atoms with Crippen molar-refractivity contribution in [3.8, 4) is 5.75 Å². The maximum Gasteiger partial charge on any atom is 0.308 e. The fourth-order valence-electron chi connectivity index (χ4n) is 1.32. The van der Waals surface area contributed by atoms with Crippen LogP contribution in [0.4, 0.5) is 0 Å². The van der Waals surface area contributed by atoms with Crippen molar-refractivity contribution < 1.29 is 19.4 Å². The summed E-state index contributed by atoms with van der Waals surface area (Å²) < 4.78 is 9.90. The molecule has 0 aliphatic carbocycles. The zero-order valence-electron chi connectivity index (χ0n) is 9.77. The molecule has 0 aliphatic rings. The third-order valence-corrected chi connectivity index (χ3v) is 2.45. The predicted octanol–water partition coefficient (Wildman–Crippen LogP) is 2.34. The van der Waals surface area contributed by atoms with Crippen LogP contribution in [0.3, 0.4) is 0 Å². The van der Waals surface area contributed by atoms with E-state index in [1.165, 1.54) is 7.11 Å². The highest BCUT2D eigenvalue weighted by Gasteiger charge is 2.10. The Labute approximate surface area is 105 Å². The number of carbonyl (C=O) groups excluding carboxylic acids is 1. The summed E-state index contributed by atoms with van der Waals surface area (Å²) in [5.74, 6) is 0.186. The second-order valence-corrected chi connectivity index (χ2v) is 3.97. The lowest BCUT2D eigenvalue weighted by Gasteiger charge is -2.13. The Morgan fingerprint density at radius 3 is 2.82 bits per heavy atom. The van der Waals surface area contributed by atoms with E-state index in [0.717, 1.165) is 0 Å². The normalized spacial score (nSPS) is 12.0. The largest absolute Gasteiger partial charge is 0.493 e. The second kappa shape index (κ2) is 6.47. The summed E-state index contributed by atoms with van der Waals surface area (Å²) in [7, 11) is 1.33. The second-order valence-electron chi connectivity index (χ2n) is 3.53. The molecule has 0 unspecified atom stereocenters. The van der Waals surface area contributed by atoms with E-state index in [9.17, 15) is 9.90 Å². The van der Waals surface area contributed by atoms with Crippen molar-refractivity contribution in [2.45, 2.75) is 19.4 Å². The lowest BCUT2D eigenvalue weighted by Crippen LogP contribution is -2.09. The van der Waals surface area contributed by atoms with Gasteiger partial charge in [0.2, 0.25) is 0 Å². The van der Waals surface area contributed by atoms with Crippen LogP contribution in [-0.4, -0.2) is 24.8 Å². The van der Waals surface area contributed by atoms with Gasteiger partial charge in [-0.2, -0.15) is 0 Å². The maximum atomic E-state index is 10.9. The highest BCUT2D eigenvalue weighted by Crippen LogP contribution is 2.28. The first-order chi connectivity index (χ1) is 8.04. The highest BCUT2D eigenvalue weighted by molar-refractivity contribution is 6.30. The molecule has 0 bridgehead atoms. The van der Waals surface area contributed by atoms with Gasteiger partial charge in [0, 0.05) is 10.6 Å². The van der Waals surface area contributed by atoms with Crippen molar-refractivity contribution in [2.24, 2.45) is 0 Å². The zero-order chi connectivity index (χ0) is 12.8. The van der Waals surface area contributed by atoms with E-state index < -0.39 is 6.10 Å². The fraction of sp³-hybridized carbons (Fsp3) is 0.417. The highest BCUT2D eigenvalue weighted by atomic mass is 35.5. The number of methoxy groups -OCH3 is 1. The Kier molecular flexibility index (Phi) is 5.25. The van der Waals surface area contributed by atoms with Gasteiger partial charge in [0.05, 0.1) is 26.2 Å². The van der Waals surface area contributed by atoms with E-state index in [2.05, 4.69) is 4.74 Å². The van der Waals surface area contributed by atoms with Crippen LogP contribution in [0, 0.1) is 0 Å². The Morgan fingerprint density at radius 1 is 1.53 bits per heavy atom. The minimum absolute atomic E-state index is 0.165. The van der Waals surface area contributed by atoms with E-state index in [4.69, 9.17) is 16.3 Å². The quantitative estimate of drug-likeness (QED) is 0.824. The van der Waals surface area contributed by atoms with Crippen LogP contribution < -0.4 is 4.74 Å². The SMILES string of the molecule is COC(=O)CCOc1ccc(Cl)cc1[C@H](C)O. The van der Waals surface area contributed by atoms with Crippen LogP contribution in [0.15, 0.2) is 18.2 Å². The molecule has 1 aromatic carbocycles. The molecule has 0 saturated heterocycles. The summed E-state index contributed by atoms with van der Waals surface area (Å²) in [5.41, 5.74) is 0.599. The third-order valence-electron chi connectivity index (χ3n) is 2.21. The molecular formula is C12H15ClO4. The maximum absolute atomic E-state index is 10.9. The summed E-state index contributed by atoms with van der Waals surface area (Å²) in [5, 5.41) is 10.1. The van der Waals surface area contributed by atoms with Gasteiger partial charge < -0.3 is 14.6 Å². The smallest absolute Gasteiger partial charge is 0.308 e. The van der Waals surface area contributed by atoms with Crippen molar-refractivity contribution in [2.75, 3.05) is 13.7 Å². The topological polar surface area (TPSA) is 55.8 Å². The van der Waals surface area contributed by atoms with Crippen LogP contribution in [0.5, 0.6) is 5.75 Å². The molecule has 94 valence electrons. The zero-order valence-corrected chi connectivity index (χ0v) is 10.5. The summed E-state index contributed by atoms with van der Waals surface area (Å²) in [6.45, 7) is 1.83. The molecule has 0 aliphatic heterocycles. The summed E-state index contributed by atoms with van der Waals surface area (Å²) in [4.78, 5) is 10.9. The first-order valence-electron chi connectivity index (χ1n) is 5.21. The minimum atomic E-state index is -0.679. The van der Waals surface area contributed by atoms with Crippen LogP contribution in [0.2, 0.25) is 5.02 Å². The van der Waals surface area contributed by atoms with Crippen molar-refractivity contribution in [1.82, 2.24) is 0 Å². The molecule has 0 heterocycles. The van der Waals surface area contributed by atoms with E-state index in [0.29, 0.717) is 16.3 Å². The molecule has 1 atom stereocenters. The first-order valence-corrected chi connectivity index (χ1v) is 5.59. The summed E-state index contributed by atoms with van der Waals surface area (Å²) >= 11 is 5.83. The number of ether oxygens (including phenoxy) is 2. The number of benzene rings is 1. The number of aliphatic hydroxyl groups excluding tert-OH is 1. The van der Waals surface area contributed by atoms with E-state index in [-0.39, 0.29) is 19.0 Å². The van der Waals surface area contributed by atoms with Crippen molar-refractivity contribution in [3.05, 3.63) is 28.8 Å². The predicted molar refractivity (Wildman–Crippen MR) is 64.2 cm³/mol. The standard InChI is InChI=1S/C12H15ClO4/c1-8(14)10-7-9(13)3-4-11(10)17-6-5-12(15)16-2/h3-4,7-8,14H,5-6H2,1-2H3/t8-/m0/s1. The van der Waals surface area contributed by atoms with Gasteiger partial charge in [-0.1, -0.05) is 11.6 Å². The van der Waals surface area contributed by atoms with Crippen molar-refractivity contribution in [1.29, 1.82) is 0 Å². The molecule has 5 heteroatoms. The molecule has 0 radical (unpaired) electrons. The molecule has 1 rings (SSSR count). The molecule has 0 saturated carbocycles. The molecule has 0 aromatic heterocycles. The lowest BCUT2D eigenvalue weighted by molar-refractivity contribution is -0.141. The van der Waals surface area contributed by atoms with Gasteiger partial charge in [-0.15, -0.1) is 0 Å². The van der Waals surface area contributed by atoms with Gasteiger partial charge in [0.25, 0.3) is 0 Å². The molecule has 0 fully saturated rings. The Balaban J connectivity index is 2.67. The average molecular weight is 259 g/mol. The average Bonchev–Trinajstić information content (AvgIpc) is 2.30. The van der Waals surface area contributed by atoms with Gasteiger partial charge in [0.1, 0.15) is 5.75 Å². The number of esters is 1. The minimum Gasteiger partial charge on any atom is -0.493 e. The molecule has 0 amide bonds. The van der Waals surface area contributed by atoms with Gasteiger partial charge >= 0.3 is 5.97 Å². The number of halogens is 1. The number of rotatable bonds is 5. The van der Waals surface area contributed by atoms with Crippen LogP contribution in [0.1, 0.15) is 25.0 Å². The third kappa shape index (κ3) is 4.24. The van der Waals surface area contributed by atoms with E-state index >= 15 is 0 Å². The van der Waals surface area contributed by atoms with Crippen LogP contribution >= 0.6 is 11.6 Å². The van der Waals surface area contributed by atoms with Gasteiger partial charge in [-0.25, -0.2) is 0 Å². The van der Waals surface area contributed by atoms with Crippen molar-refractivity contribution >= 4 is 17.6 Å². The molecular weight excluding hydrogens is 244 g/mol. The van der Waals surface area contributed by atoms with E-state index in [1.54, 1.807) is 25.1 Å². The molecule has 1 N–H and O–H groups in total. The van der Waals surface area contributed by atoms with E-state index in [1.807, 2.05) is 0 Å². The molecule has 1 aromatic rings. The lowest BCUT2D eigenvalue weighted by atomic mass is 10.1. The number of hydrogen-bond donors (Lipinski definition) is 1. The Morgan fingerprint density at radius 2 is 2.24 bits per heavy atom. The van der Waals surface area contributed by atoms with Crippen molar-refractivity contribution in [3.63, 3.8) is 0 Å². The Bertz CT molecular complexity index is 390. The van der Waals surface area contributed by atoms with Gasteiger partial charge in [0.15, 0.2) is 0 Å². The number of hydrogen-bond acceptors (Lipinski definition) is 4. The molecule has 17 heavy (non-hydrogen) atoms. The summed E-state index contributed by atoms with van der Waals surface area (Å²) in [6, 6.07) is 4.97. The van der Waals surface area contributed by atoms with Crippen LogP contribution in [-0.2, 0) is 9.53 Å². The number of aliphatic hydroxyl groups is 1. The Hall–Kier alpha value is -1.26. The fourth-order valence-corrected chi connectivity index (χ4v) is 1.50. The van der Waals surface area contributed by atoms with Gasteiger partial charge in [-0.05, 0) is 25.1 Å². The first kappa shape index (κ1) is 13.8. The molecule has 4 nitrogen and oxygen atoms in total.